The minimum absolute atomic E-state index is 0.155. The van der Waals surface area contributed by atoms with E-state index in [1.165, 1.54) is 41.9 Å². The van der Waals surface area contributed by atoms with Crippen LogP contribution < -0.4 is 0 Å². The van der Waals surface area contributed by atoms with Gasteiger partial charge in [0.2, 0.25) is 0 Å². The van der Waals surface area contributed by atoms with Gasteiger partial charge in [0.05, 0.1) is 6.10 Å². The van der Waals surface area contributed by atoms with Crippen molar-refractivity contribution in [2.75, 3.05) is 20.7 Å². The van der Waals surface area contributed by atoms with Crippen LogP contribution in [-0.4, -0.2) is 33.4 Å². The molecule has 1 unspecified atom stereocenters. The van der Waals surface area contributed by atoms with Crippen molar-refractivity contribution in [1.29, 1.82) is 0 Å². The zero-order chi connectivity index (χ0) is 15.5. The number of likely N-dealkylation sites (N-methyl/N-ethyl adjacent to an activating group) is 1. The molecule has 0 radical (unpaired) electrons. The van der Waals surface area contributed by atoms with Crippen LogP contribution in [0.25, 0.3) is 0 Å². The Morgan fingerprint density at radius 2 is 1.95 bits per heavy atom. The van der Waals surface area contributed by atoms with E-state index in [0.29, 0.717) is 4.21 Å². The number of hydrogen-bond acceptors (Lipinski definition) is 4. The molecule has 0 amide bonds. The van der Waals surface area contributed by atoms with Crippen LogP contribution in [0.15, 0.2) is 46.0 Å². The molecule has 0 N–H and O–H groups in total. The summed E-state index contributed by atoms with van der Waals surface area (Å²) in [5.74, 6) is -0.340. The molecule has 7 heteroatoms. The molecular formula is C14H16FNO3S2. The minimum Gasteiger partial charge on any atom is -0.375 e. The molecule has 0 saturated heterocycles. The van der Waals surface area contributed by atoms with Crippen molar-refractivity contribution in [1.82, 2.24) is 4.31 Å². The number of halogens is 1. The molecule has 1 heterocycles. The van der Waals surface area contributed by atoms with Gasteiger partial charge in [-0.15, -0.1) is 11.3 Å². The largest absolute Gasteiger partial charge is 0.375 e. The van der Waals surface area contributed by atoms with E-state index in [-0.39, 0.29) is 12.4 Å². The third-order valence-electron chi connectivity index (χ3n) is 3.11. The van der Waals surface area contributed by atoms with Crippen molar-refractivity contribution < 1.29 is 17.5 Å². The first-order chi connectivity index (χ1) is 9.95. The van der Waals surface area contributed by atoms with Crippen molar-refractivity contribution in [3.63, 3.8) is 0 Å². The fraction of sp³-hybridized carbons (Fsp3) is 0.286. The fourth-order valence-corrected chi connectivity index (χ4v) is 4.26. The Balaban J connectivity index is 2.17. The zero-order valence-corrected chi connectivity index (χ0v) is 13.3. The molecule has 1 atom stereocenters. The van der Waals surface area contributed by atoms with Gasteiger partial charge in [-0.05, 0) is 29.1 Å². The third-order valence-corrected chi connectivity index (χ3v) is 6.31. The molecule has 0 bridgehead atoms. The van der Waals surface area contributed by atoms with E-state index < -0.39 is 16.1 Å². The van der Waals surface area contributed by atoms with E-state index in [9.17, 15) is 12.8 Å². The smallest absolute Gasteiger partial charge is 0.252 e. The van der Waals surface area contributed by atoms with Gasteiger partial charge < -0.3 is 4.74 Å². The monoisotopic (exact) mass is 329 g/mol. The summed E-state index contributed by atoms with van der Waals surface area (Å²) in [6, 6.07) is 9.10. The van der Waals surface area contributed by atoms with Gasteiger partial charge in [0, 0.05) is 20.7 Å². The molecule has 2 aromatic rings. The highest BCUT2D eigenvalue weighted by Crippen LogP contribution is 2.24. The Labute approximate surface area is 127 Å². The second-order valence-electron chi connectivity index (χ2n) is 4.49. The van der Waals surface area contributed by atoms with E-state index in [0.717, 1.165) is 5.56 Å². The Kier molecular flexibility index (Phi) is 5.10. The zero-order valence-electron chi connectivity index (χ0n) is 11.7. The van der Waals surface area contributed by atoms with Gasteiger partial charge in [-0.2, -0.15) is 4.31 Å². The Morgan fingerprint density at radius 1 is 1.29 bits per heavy atom. The van der Waals surface area contributed by atoms with Gasteiger partial charge in [0.1, 0.15) is 10.0 Å². The molecule has 0 spiro atoms. The maximum Gasteiger partial charge on any atom is 0.252 e. The molecule has 0 saturated carbocycles. The molecule has 0 aliphatic heterocycles. The summed E-state index contributed by atoms with van der Waals surface area (Å²) < 4.78 is 44.5. The number of nitrogens with zero attached hydrogens (tertiary/aromatic N) is 1. The highest BCUT2D eigenvalue weighted by molar-refractivity contribution is 7.91. The van der Waals surface area contributed by atoms with Gasteiger partial charge in [-0.25, -0.2) is 12.8 Å². The predicted molar refractivity (Wildman–Crippen MR) is 80.3 cm³/mol. The molecular weight excluding hydrogens is 313 g/mol. The predicted octanol–water partition coefficient (Wildman–Crippen LogP) is 2.90. The highest BCUT2D eigenvalue weighted by atomic mass is 32.2. The molecule has 1 aromatic heterocycles. The van der Waals surface area contributed by atoms with E-state index >= 15 is 0 Å². The van der Waals surface area contributed by atoms with Crippen LogP contribution >= 0.6 is 11.3 Å². The topological polar surface area (TPSA) is 46.6 Å². The van der Waals surface area contributed by atoms with Crippen molar-refractivity contribution in [3.8, 4) is 0 Å². The Bertz CT molecular complexity index is 669. The van der Waals surface area contributed by atoms with Crippen LogP contribution in [0.3, 0.4) is 0 Å². The molecule has 0 aliphatic rings. The number of ether oxygens (including phenoxy) is 1. The number of benzene rings is 1. The molecule has 114 valence electrons. The Morgan fingerprint density at radius 3 is 2.48 bits per heavy atom. The quantitative estimate of drug-likeness (QED) is 0.819. The first-order valence-corrected chi connectivity index (χ1v) is 8.55. The average molecular weight is 329 g/mol. The van der Waals surface area contributed by atoms with E-state index in [2.05, 4.69) is 0 Å². The number of sulfonamides is 1. The molecule has 0 aliphatic carbocycles. The second-order valence-corrected chi connectivity index (χ2v) is 7.71. The van der Waals surface area contributed by atoms with Crippen LogP contribution in [-0.2, 0) is 14.8 Å². The number of methoxy groups -OCH3 is 1. The highest BCUT2D eigenvalue weighted by Gasteiger charge is 2.25. The van der Waals surface area contributed by atoms with E-state index in [4.69, 9.17) is 4.74 Å². The number of rotatable bonds is 6. The fourth-order valence-electron chi connectivity index (χ4n) is 1.89. The van der Waals surface area contributed by atoms with Gasteiger partial charge in [-0.3, -0.25) is 0 Å². The van der Waals surface area contributed by atoms with Crippen LogP contribution in [0.4, 0.5) is 4.39 Å². The lowest BCUT2D eigenvalue weighted by Gasteiger charge is -2.22. The molecule has 2 rings (SSSR count). The summed E-state index contributed by atoms with van der Waals surface area (Å²) in [6.45, 7) is 0.155. The second kappa shape index (κ2) is 6.65. The molecule has 21 heavy (non-hydrogen) atoms. The summed E-state index contributed by atoms with van der Waals surface area (Å²) in [7, 11) is -0.515. The maximum absolute atomic E-state index is 12.9. The van der Waals surface area contributed by atoms with E-state index in [1.807, 2.05) is 0 Å². The van der Waals surface area contributed by atoms with Crippen LogP contribution in [0.5, 0.6) is 0 Å². The van der Waals surface area contributed by atoms with Crippen LogP contribution in [0.2, 0.25) is 0 Å². The van der Waals surface area contributed by atoms with Crippen molar-refractivity contribution in [2.45, 2.75) is 10.3 Å². The minimum atomic E-state index is -3.52. The lowest BCUT2D eigenvalue weighted by Crippen LogP contribution is -2.31. The van der Waals surface area contributed by atoms with Gasteiger partial charge >= 0.3 is 0 Å². The average Bonchev–Trinajstić information content (AvgIpc) is 3.00. The van der Waals surface area contributed by atoms with Crippen LogP contribution in [0.1, 0.15) is 11.7 Å². The van der Waals surface area contributed by atoms with Crippen LogP contribution in [0, 0.1) is 5.82 Å². The normalized spacial score (nSPS) is 13.5. The van der Waals surface area contributed by atoms with Gasteiger partial charge in [0.15, 0.2) is 0 Å². The molecule has 0 fully saturated rings. The van der Waals surface area contributed by atoms with Crippen molar-refractivity contribution >= 4 is 21.4 Å². The maximum atomic E-state index is 12.9. The lowest BCUT2D eigenvalue weighted by atomic mass is 10.1. The summed E-state index contributed by atoms with van der Waals surface area (Å²) >= 11 is 1.17. The van der Waals surface area contributed by atoms with Crippen molar-refractivity contribution in [3.05, 3.63) is 53.2 Å². The number of thiophene rings is 1. The summed E-state index contributed by atoms with van der Waals surface area (Å²) in [5, 5.41) is 1.72. The van der Waals surface area contributed by atoms with E-state index in [1.54, 1.807) is 29.6 Å². The molecule has 1 aromatic carbocycles. The summed E-state index contributed by atoms with van der Waals surface area (Å²) in [5.41, 5.74) is 0.729. The first kappa shape index (κ1) is 16.1. The van der Waals surface area contributed by atoms with Gasteiger partial charge in [-0.1, -0.05) is 18.2 Å². The SMILES string of the molecule is COC(CN(C)S(=O)(=O)c1cccs1)c1ccc(F)cc1. The Hall–Kier alpha value is -1.28. The molecule has 4 nitrogen and oxygen atoms in total. The number of hydrogen-bond donors (Lipinski definition) is 0. The third kappa shape index (κ3) is 3.68. The first-order valence-electron chi connectivity index (χ1n) is 6.23. The standard InChI is InChI=1S/C14H16FNO3S2/c1-16(21(17,18)14-4-3-9-20-14)10-13(19-2)11-5-7-12(15)8-6-11/h3-9,13H,10H2,1-2H3. The lowest BCUT2D eigenvalue weighted by molar-refractivity contribution is 0.0891. The van der Waals surface area contributed by atoms with Crippen molar-refractivity contribution in [2.24, 2.45) is 0 Å². The summed E-state index contributed by atoms with van der Waals surface area (Å²) in [6.07, 6.45) is -0.453. The summed E-state index contributed by atoms with van der Waals surface area (Å²) in [4.78, 5) is 0. The van der Waals surface area contributed by atoms with Gasteiger partial charge in [0.25, 0.3) is 10.0 Å².